The van der Waals surface area contributed by atoms with Gasteiger partial charge in [-0.3, -0.25) is 0 Å². The van der Waals surface area contributed by atoms with Gasteiger partial charge in [-0.2, -0.15) is 0 Å². The maximum atomic E-state index is 12.8. The minimum atomic E-state index is -1.59. The van der Waals surface area contributed by atoms with E-state index < -0.39 is 11.8 Å². The summed E-state index contributed by atoms with van der Waals surface area (Å²) in [5.41, 5.74) is -0.541. The summed E-state index contributed by atoms with van der Waals surface area (Å²) in [5, 5.41) is 0. The van der Waals surface area contributed by atoms with Gasteiger partial charge in [0.25, 0.3) is 0 Å². The van der Waals surface area contributed by atoms with Crippen LogP contribution in [0.5, 0.6) is 0 Å². The highest BCUT2D eigenvalue weighted by Crippen LogP contribution is 2.49. The van der Waals surface area contributed by atoms with Crippen molar-refractivity contribution in [2.75, 3.05) is 0 Å². The van der Waals surface area contributed by atoms with Crippen LogP contribution in [-0.4, -0.2) is 11.8 Å². The standard InChI is InChI=1S/C14H23FO2/c1-10(2)14(17-13(15)16)8-4-3-5-11-6-7-12(14)9-11/h10-12H,3-9H2,1-2H3. The molecular weight excluding hydrogens is 219 g/mol. The van der Waals surface area contributed by atoms with Crippen molar-refractivity contribution in [2.45, 2.75) is 64.4 Å². The number of carbonyl (C=O) groups is 1. The Kier molecular flexibility index (Phi) is 3.74. The maximum Gasteiger partial charge on any atom is 0.496 e. The molecule has 2 nitrogen and oxygen atoms in total. The quantitative estimate of drug-likeness (QED) is 0.667. The number of ether oxygens (including phenoxy) is 1. The fourth-order valence-corrected chi connectivity index (χ4v) is 3.98. The molecule has 0 amide bonds. The summed E-state index contributed by atoms with van der Waals surface area (Å²) in [4.78, 5) is 10.8. The lowest BCUT2D eigenvalue weighted by Gasteiger charge is -2.42. The number of halogens is 1. The van der Waals surface area contributed by atoms with Gasteiger partial charge in [-0.05, 0) is 43.4 Å². The molecule has 17 heavy (non-hydrogen) atoms. The third-order valence-corrected chi connectivity index (χ3v) is 4.91. The smallest absolute Gasteiger partial charge is 0.433 e. The van der Waals surface area contributed by atoms with E-state index in [1.807, 2.05) is 0 Å². The molecule has 0 radical (unpaired) electrons. The van der Waals surface area contributed by atoms with Crippen molar-refractivity contribution in [1.82, 2.24) is 0 Å². The first-order valence-electron chi connectivity index (χ1n) is 6.93. The largest absolute Gasteiger partial charge is 0.496 e. The Hall–Kier alpha value is -0.600. The Morgan fingerprint density at radius 1 is 1.29 bits per heavy atom. The highest BCUT2D eigenvalue weighted by molar-refractivity contribution is 5.59. The van der Waals surface area contributed by atoms with Crippen molar-refractivity contribution in [3.63, 3.8) is 0 Å². The van der Waals surface area contributed by atoms with Crippen molar-refractivity contribution in [1.29, 1.82) is 0 Å². The SMILES string of the molecule is CC(C)C1(OC(=O)F)CCCCC2CCC1C2. The Morgan fingerprint density at radius 3 is 2.71 bits per heavy atom. The van der Waals surface area contributed by atoms with Crippen molar-refractivity contribution in [3.8, 4) is 0 Å². The topological polar surface area (TPSA) is 26.3 Å². The number of hydrogen-bond acceptors (Lipinski definition) is 2. The number of rotatable bonds is 2. The van der Waals surface area contributed by atoms with Crippen LogP contribution in [0.2, 0.25) is 0 Å². The predicted molar refractivity (Wildman–Crippen MR) is 64.5 cm³/mol. The normalized spacial score (nSPS) is 37.6. The molecular formula is C14H23FO2. The van der Waals surface area contributed by atoms with E-state index in [4.69, 9.17) is 4.74 Å². The van der Waals surface area contributed by atoms with E-state index in [1.54, 1.807) is 0 Å². The lowest BCUT2D eigenvalue weighted by molar-refractivity contribution is -0.0869. The van der Waals surface area contributed by atoms with Gasteiger partial charge < -0.3 is 4.74 Å². The Morgan fingerprint density at radius 2 is 2.06 bits per heavy atom. The molecule has 2 rings (SSSR count). The van der Waals surface area contributed by atoms with E-state index in [2.05, 4.69) is 13.8 Å². The second-order valence-electron chi connectivity index (χ2n) is 6.07. The molecule has 0 aromatic heterocycles. The third kappa shape index (κ3) is 2.48. The van der Waals surface area contributed by atoms with E-state index in [1.165, 1.54) is 19.3 Å². The van der Waals surface area contributed by atoms with Gasteiger partial charge in [-0.15, -0.1) is 4.39 Å². The van der Waals surface area contributed by atoms with Crippen molar-refractivity contribution >= 4 is 6.22 Å². The number of fused-ring (bicyclic) bond motifs is 2. The molecule has 2 fully saturated rings. The van der Waals surface area contributed by atoms with E-state index in [0.29, 0.717) is 5.92 Å². The maximum absolute atomic E-state index is 12.8. The zero-order chi connectivity index (χ0) is 12.5. The summed E-state index contributed by atoms with van der Waals surface area (Å²) in [6, 6.07) is 0. The zero-order valence-electron chi connectivity index (χ0n) is 10.9. The summed E-state index contributed by atoms with van der Waals surface area (Å²) in [6.07, 6.45) is 6.22. The van der Waals surface area contributed by atoms with Crippen LogP contribution in [0, 0.1) is 17.8 Å². The fraction of sp³-hybridized carbons (Fsp3) is 0.929. The highest BCUT2D eigenvalue weighted by Gasteiger charge is 2.48. The first-order valence-corrected chi connectivity index (χ1v) is 6.93. The minimum Gasteiger partial charge on any atom is -0.433 e. The second kappa shape index (κ2) is 4.95. The van der Waals surface area contributed by atoms with E-state index in [9.17, 15) is 9.18 Å². The van der Waals surface area contributed by atoms with Crippen LogP contribution >= 0.6 is 0 Å². The van der Waals surface area contributed by atoms with Crippen LogP contribution in [0.15, 0.2) is 0 Å². The Labute approximate surface area is 103 Å². The average molecular weight is 242 g/mol. The van der Waals surface area contributed by atoms with Crippen LogP contribution in [0.3, 0.4) is 0 Å². The van der Waals surface area contributed by atoms with Gasteiger partial charge in [0.15, 0.2) is 0 Å². The number of carbonyl (C=O) groups excluding carboxylic acids is 1. The van der Waals surface area contributed by atoms with Crippen LogP contribution in [0.4, 0.5) is 9.18 Å². The van der Waals surface area contributed by atoms with Gasteiger partial charge in [0, 0.05) is 0 Å². The van der Waals surface area contributed by atoms with Gasteiger partial charge in [-0.25, -0.2) is 4.79 Å². The van der Waals surface area contributed by atoms with Crippen molar-refractivity contribution < 1.29 is 13.9 Å². The summed E-state index contributed by atoms with van der Waals surface area (Å²) in [6.45, 7) is 4.11. The molecule has 98 valence electrons. The first kappa shape index (κ1) is 12.8. The molecule has 2 saturated carbocycles. The van der Waals surface area contributed by atoms with Crippen LogP contribution in [0.1, 0.15) is 58.8 Å². The van der Waals surface area contributed by atoms with Gasteiger partial charge in [0.1, 0.15) is 5.60 Å². The van der Waals surface area contributed by atoms with Gasteiger partial charge in [-0.1, -0.05) is 33.1 Å². The molecule has 3 atom stereocenters. The third-order valence-electron chi connectivity index (χ3n) is 4.91. The molecule has 2 aliphatic rings. The van der Waals surface area contributed by atoms with E-state index >= 15 is 0 Å². The van der Waals surface area contributed by atoms with Gasteiger partial charge in [0.2, 0.25) is 0 Å². The zero-order valence-corrected chi connectivity index (χ0v) is 10.9. The van der Waals surface area contributed by atoms with Crippen LogP contribution in [0.25, 0.3) is 0 Å². The highest BCUT2D eigenvalue weighted by atomic mass is 19.1. The lowest BCUT2D eigenvalue weighted by Crippen LogP contribution is -2.46. The van der Waals surface area contributed by atoms with E-state index in [-0.39, 0.29) is 5.92 Å². The molecule has 0 saturated heterocycles. The minimum absolute atomic E-state index is 0.198. The molecule has 0 heterocycles. The molecule has 2 aliphatic carbocycles. The van der Waals surface area contributed by atoms with E-state index in [0.717, 1.165) is 31.6 Å². The van der Waals surface area contributed by atoms with Crippen LogP contribution < -0.4 is 0 Å². The molecule has 0 spiro atoms. The summed E-state index contributed by atoms with van der Waals surface area (Å²) >= 11 is 0. The molecule has 2 bridgehead atoms. The summed E-state index contributed by atoms with van der Waals surface area (Å²) in [7, 11) is 0. The lowest BCUT2D eigenvalue weighted by atomic mass is 9.72. The molecule has 3 heteroatoms. The second-order valence-corrected chi connectivity index (χ2v) is 6.07. The molecule has 0 N–H and O–H groups in total. The number of hydrogen-bond donors (Lipinski definition) is 0. The predicted octanol–water partition coefficient (Wildman–Crippen LogP) is 4.48. The van der Waals surface area contributed by atoms with Crippen LogP contribution in [-0.2, 0) is 4.74 Å². The average Bonchev–Trinajstić information content (AvgIpc) is 2.69. The van der Waals surface area contributed by atoms with Crippen molar-refractivity contribution in [3.05, 3.63) is 0 Å². The molecule has 0 aromatic rings. The Bertz CT molecular complexity index is 290. The van der Waals surface area contributed by atoms with Gasteiger partial charge in [0.05, 0.1) is 0 Å². The first-order chi connectivity index (χ1) is 8.04. The molecule has 0 aliphatic heterocycles. The summed E-state index contributed by atoms with van der Waals surface area (Å²) < 4.78 is 18.0. The molecule has 3 unspecified atom stereocenters. The summed E-state index contributed by atoms with van der Waals surface area (Å²) in [5.74, 6) is 1.34. The fourth-order valence-electron chi connectivity index (χ4n) is 3.98. The monoisotopic (exact) mass is 242 g/mol. The molecule has 0 aromatic carbocycles. The van der Waals surface area contributed by atoms with Crippen molar-refractivity contribution in [2.24, 2.45) is 17.8 Å². The Balaban J connectivity index is 2.23. The van der Waals surface area contributed by atoms with Gasteiger partial charge >= 0.3 is 6.22 Å².